The fraction of sp³-hybridized carbons (Fsp3) is 0.273. The summed E-state index contributed by atoms with van der Waals surface area (Å²) in [5.74, 6) is 0.0173. The summed E-state index contributed by atoms with van der Waals surface area (Å²) in [6.45, 7) is 2.08. The van der Waals surface area contributed by atoms with Gasteiger partial charge in [0.25, 0.3) is 0 Å². The number of allylic oxidation sites excluding steroid dienone is 3. The molecule has 1 aliphatic heterocycles. The Bertz CT molecular complexity index is 1480. The van der Waals surface area contributed by atoms with Crippen molar-refractivity contribution in [1.29, 1.82) is 0 Å². The minimum atomic E-state index is -0.663. The number of Topliss-reactive ketones (excluding diaryl/α,β-unsaturated/α-hetero) is 1. The van der Waals surface area contributed by atoms with E-state index in [2.05, 4.69) is 5.32 Å². The molecule has 2 atom stereocenters. The maximum atomic E-state index is 13.9. The molecule has 1 heterocycles. The van der Waals surface area contributed by atoms with E-state index in [1.54, 1.807) is 26.4 Å². The molecule has 7 heteroatoms. The quantitative estimate of drug-likeness (QED) is 0.318. The van der Waals surface area contributed by atoms with Gasteiger partial charge in [0, 0.05) is 40.4 Å². The first-order valence-electron chi connectivity index (χ1n) is 13.3. The molecule has 1 aliphatic carbocycles. The van der Waals surface area contributed by atoms with Gasteiger partial charge in [-0.1, -0.05) is 54.1 Å². The first-order valence-corrected chi connectivity index (χ1v) is 13.7. The number of carbonyl (C=O) groups excluding carboxylic acids is 2. The molecule has 3 aromatic rings. The molecule has 0 radical (unpaired) electrons. The molecule has 1 N–H and O–H groups in total. The van der Waals surface area contributed by atoms with Gasteiger partial charge < -0.3 is 19.5 Å². The normalized spacial score (nSPS) is 18.6. The average molecular weight is 558 g/mol. The second-order valence-electron chi connectivity index (χ2n) is 10.0. The molecule has 0 fully saturated rings. The van der Waals surface area contributed by atoms with Gasteiger partial charge in [-0.3, -0.25) is 4.79 Å². The lowest BCUT2D eigenvalue weighted by atomic mass is 9.71. The number of ether oxygens (including phenoxy) is 3. The van der Waals surface area contributed by atoms with E-state index in [1.165, 1.54) is 0 Å². The number of nitrogens with one attached hydrogen (secondary N) is 1. The predicted octanol–water partition coefficient (Wildman–Crippen LogP) is 6.50. The highest BCUT2D eigenvalue weighted by atomic mass is 35.5. The van der Waals surface area contributed by atoms with E-state index in [4.69, 9.17) is 25.8 Å². The van der Waals surface area contributed by atoms with E-state index < -0.39 is 11.9 Å². The van der Waals surface area contributed by atoms with Crippen molar-refractivity contribution in [1.82, 2.24) is 5.32 Å². The zero-order valence-corrected chi connectivity index (χ0v) is 23.6. The molecule has 0 saturated carbocycles. The number of halogens is 1. The highest BCUT2D eigenvalue weighted by Crippen LogP contribution is 2.48. The van der Waals surface area contributed by atoms with E-state index in [0.717, 1.165) is 16.8 Å². The highest BCUT2D eigenvalue weighted by Gasteiger charge is 2.42. The average Bonchev–Trinajstić information content (AvgIpc) is 2.96. The van der Waals surface area contributed by atoms with Crippen LogP contribution in [0.1, 0.15) is 48.3 Å². The number of dihydropyridines is 1. The summed E-state index contributed by atoms with van der Waals surface area (Å²) in [5.41, 5.74) is 5.24. The van der Waals surface area contributed by atoms with Crippen molar-refractivity contribution in [2.24, 2.45) is 0 Å². The van der Waals surface area contributed by atoms with Crippen molar-refractivity contribution in [3.63, 3.8) is 0 Å². The Balaban J connectivity index is 1.53. The molecule has 3 aromatic carbocycles. The summed E-state index contributed by atoms with van der Waals surface area (Å²) in [6.07, 6.45) is 1.54. The van der Waals surface area contributed by atoms with Crippen LogP contribution >= 0.6 is 11.6 Å². The second-order valence-corrected chi connectivity index (χ2v) is 10.5. The summed E-state index contributed by atoms with van der Waals surface area (Å²) in [4.78, 5) is 27.6. The first-order chi connectivity index (χ1) is 19.4. The number of benzene rings is 3. The van der Waals surface area contributed by atoms with Crippen LogP contribution < -0.4 is 14.8 Å². The lowest BCUT2D eigenvalue weighted by molar-refractivity contribution is -0.139. The maximum absolute atomic E-state index is 13.9. The Morgan fingerprint density at radius 3 is 2.42 bits per heavy atom. The molecule has 0 aromatic heterocycles. The van der Waals surface area contributed by atoms with Crippen LogP contribution in [0.4, 0.5) is 0 Å². The molecule has 0 spiro atoms. The fourth-order valence-electron chi connectivity index (χ4n) is 5.64. The third-order valence-corrected chi connectivity index (χ3v) is 7.86. The van der Waals surface area contributed by atoms with E-state index in [0.29, 0.717) is 58.2 Å². The third kappa shape index (κ3) is 5.63. The molecule has 206 valence electrons. The van der Waals surface area contributed by atoms with E-state index in [1.807, 2.05) is 67.6 Å². The molecule has 0 saturated heterocycles. The van der Waals surface area contributed by atoms with Gasteiger partial charge in [0.05, 0.1) is 32.3 Å². The topological polar surface area (TPSA) is 73.9 Å². The Morgan fingerprint density at radius 1 is 0.975 bits per heavy atom. The van der Waals surface area contributed by atoms with Gasteiger partial charge in [-0.2, -0.15) is 0 Å². The molecule has 5 rings (SSSR count). The molecular weight excluding hydrogens is 526 g/mol. The lowest BCUT2D eigenvalue weighted by Gasteiger charge is -2.37. The second kappa shape index (κ2) is 12.0. The van der Waals surface area contributed by atoms with Crippen LogP contribution in [0.3, 0.4) is 0 Å². The molecule has 0 bridgehead atoms. The van der Waals surface area contributed by atoms with Crippen LogP contribution in [-0.2, 0) is 20.7 Å². The number of rotatable bonds is 8. The summed E-state index contributed by atoms with van der Waals surface area (Å²) in [7, 11) is 3.16. The zero-order chi connectivity index (χ0) is 28.2. The van der Waals surface area contributed by atoms with Gasteiger partial charge in [-0.05, 0) is 60.7 Å². The molecular formula is C33H32ClNO5. The fourth-order valence-corrected chi connectivity index (χ4v) is 5.77. The summed E-state index contributed by atoms with van der Waals surface area (Å²) in [6, 6.07) is 22.9. The summed E-state index contributed by atoms with van der Waals surface area (Å²) < 4.78 is 17.0. The third-order valence-electron chi connectivity index (χ3n) is 7.60. The minimum absolute atomic E-state index is 0.00366. The molecule has 40 heavy (non-hydrogen) atoms. The number of carbonyl (C=O) groups is 2. The maximum Gasteiger partial charge on any atom is 0.336 e. The van der Waals surface area contributed by atoms with Crippen LogP contribution in [0.25, 0.3) is 0 Å². The minimum Gasteiger partial charge on any atom is -0.497 e. The number of methoxy groups -OCH3 is 2. The van der Waals surface area contributed by atoms with Crippen LogP contribution in [-0.4, -0.2) is 32.6 Å². The zero-order valence-electron chi connectivity index (χ0n) is 22.8. The predicted molar refractivity (Wildman–Crippen MR) is 155 cm³/mol. The standard InChI is InChI=1S/C33H32ClNO5/c1-20-30(33(37)40-16-15-21-7-5-4-6-8-21)31(26-19-25(38-2)13-14-29(26)39-3)32-27(35-20)17-23(18-28(32)36)22-9-11-24(34)12-10-22/h4-14,19,23,31,35H,15-18H2,1-3H3/t23-,31-/m0/s1. The van der Waals surface area contributed by atoms with E-state index >= 15 is 0 Å². The Morgan fingerprint density at radius 2 is 1.73 bits per heavy atom. The number of hydrogen-bond acceptors (Lipinski definition) is 6. The molecule has 0 amide bonds. The van der Waals surface area contributed by atoms with E-state index in [9.17, 15) is 9.59 Å². The molecule has 2 aliphatic rings. The number of hydrogen-bond donors (Lipinski definition) is 1. The smallest absolute Gasteiger partial charge is 0.336 e. The van der Waals surface area contributed by atoms with Crippen molar-refractivity contribution < 1.29 is 23.8 Å². The van der Waals surface area contributed by atoms with Gasteiger partial charge in [-0.25, -0.2) is 4.79 Å². The molecule has 0 unspecified atom stereocenters. The van der Waals surface area contributed by atoms with Crippen LogP contribution in [0.15, 0.2) is 95.3 Å². The van der Waals surface area contributed by atoms with Crippen molar-refractivity contribution in [2.75, 3.05) is 20.8 Å². The largest absolute Gasteiger partial charge is 0.497 e. The number of esters is 1. The van der Waals surface area contributed by atoms with Crippen molar-refractivity contribution in [3.05, 3.63) is 117 Å². The SMILES string of the molecule is COc1ccc(OC)c([C@H]2C(C(=O)OCCc3ccccc3)=C(C)NC3=C2C(=O)C[C@@H](c2ccc(Cl)cc2)C3)c1. The van der Waals surface area contributed by atoms with E-state index in [-0.39, 0.29) is 18.3 Å². The van der Waals surface area contributed by atoms with Crippen LogP contribution in [0.5, 0.6) is 11.5 Å². The van der Waals surface area contributed by atoms with Crippen molar-refractivity contribution in [3.8, 4) is 11.5 Å². The van der Waals surface area contributed by atoms with Gasteiger partial charge >= 0.3 is 5.97 Å². The van der Waals surface area contributed by atoms with Crippen LogP contribution in [0, 0.1) is 0 Å². The van der Waals surface area contributed by atoms with Gasteiger partial charge in [0.2, 0.25) is 0 Å². The van der Waals surface area contributed by atoms with Gasteiger partial charge in [0.1, 0.15) is 11.5 Å². The van der Waals surface area contributed by atoms with Crippen molar-refractivity contribution >= 4 is 23.4 Å². The van der Waals surface area contributed by atoms with Gasteiger partial charge in [-0.15, -0.1) is 0 Å². The van der Waals surface area contributed by atoms with Crippen LogP contribution in [0.2, 0.25) is 5.02 Å². The summed E-state index contributed by atoms with van der Waals surface area (Å²) in [5, 5.41) is 4.06. The number of ketones is 1. The Hall–Kier alpha value is -4.03. The monoisotopic (exact) mass is 557 g/mol. The van der Waals surface area contributed by atoms with Gasteiger partial charge in [0.15, 0.2) is 5.78 Å². The summed E-state index contributed by atoms with van der Waals surface area (Å²) >= 11 is 6.11. The Kier molecular flexibility index (Phi) is 8.27. The Labute approximate surface area is 239 Å². The van der Waals surface area contributed by atoms with Crippen molar-refractivity contribution in [2.45, 2.75) is 38.0 Å². The highest BCUT2D eigenvalue weighted by molar-refractivity contribution is 6.30. The first kappa shape index (κ1) is 27.5. The lowest BCUT2D eigenvalue weighted by Crippen LogP contribution is -2.36. The molecule has 6 nitrogen and oxygen atoms in total.